The van der Waals surface area contributed by atoms with Crippen molar-refractivity contribution >= 4 is 12.1 Å². The molecule has 0 spiro atoms. The van der Waals surface area contributed by atoms with Gasteiger partial charge in [-0.1, -0.05) is 35.9 Å². The number of hydrogen-bond donors (Lipinski definition) is 1. The van der Waals surface area contributed by atoms with Crippen LogP contribution in [0.5, 0.6) is 0 Å². The van der Waals surface area contributed by atoms with Gasteiger partial charge < -0.3 is 0 Å². The molecule has 102 valence electrons. The van der Waals surface area contributed by atoms with Gasteiger partial charge in [-0.15, -0.1) is 0 Å². The molecule has 0 aromatic heterocycles. The fourth-order valence-electron chi connectivity index (χ4n) is 1.86. The average molecular weight is 266 g/mol. The summed E-state index contributed by atoms with van der Waals surface area (Å²) >= 11 is 0. The van der Waals surface area contributed by atoms with Crippen LogP contribution in [0.1, 0.15) is 32.6 Å². The summed E-state index contributed by atoms with van der Waals surface area (Å²) in [6.07, 6.45) is 1.64. The fourth-order valence-corrected chi connectivity index (χ4v) is 1.86. The van der Waals surface area contributed by atoms with E-state index in [9.17, 15) is 4.79 Å². The van der Waals surface area contributed by atoms with E-state index >= 15 is 0 Å². The zero-order valence-corrected chi connectivity index (χ0v) is 12.0. The first-order valence-corrected chi connectivity index (χ1v) is 6.53. The van der Waals surface area contributed by atoms with Crippen molar-refractivity contribution in [1.82, 2.24) is 5.43 Å². The third-order valence-electron chi connectivity index (χ3n) is 3.19. The number of amides is 1. The van der Waals surface area contributed by atoms with Crippen molar-refractivity contribution in [1.29, 1.82) is 0 Å². The molecular weight excluding hydrogens is 248 g/mol. The van der Waals surface area contributed by atoms with Crippen LogP contribution in [-0.2, 0) is 0 Å². The summed E-state index contributed by atoms with van der Waals surface area (Å²) in [5, 5.41) is 3.99. The lowest BCUT2D eigenvalue weighted by Gasteiger charge is -2.03. The van der Waals surface area contributed by atoms with Crippen LogP contribution in [0.15, 0.2) is 47.6 Å². The Kier molecular flexibility index (Phi) is 4.31. The molecule has 3 nitrogen and oxygen atoms in total. The Balaban J connectivity index is 2.03. The van der Waals surface area contributed by atoms with Crippen molar-refractivity contribution in [2.75, 3.05) is 0 Å². The van der Waals surface area contributed by atoms with Crippen LogP contribution in [0.4, 0.5) is 0 Å². The van der Waals surface area contributed by atoms with Crippen LogP contribution >= 0.6 is 0 Å². The molecule has 2 aromatic carbocycles. The maximum absolute atomic E-state index is 11.9. The first kappa shape index (κ1) is 14.0. The maximum atomic E-state index is 11.9. The van der Waals surface area contributed by atoms with Gasteiger partial charge in [-0.25, -0.2) is 5.43 Å². The minimum atomic E-state index is -0.197. The maximum Gasteiger partial charge on any atom is 0.271 e. The normalized spacial score (nSPS) is 10.8. The molecule has 1 N–H and O–H groups in total. The Morgan fingerprint density at radius 1 is 1.05 bits per heavy atom. The Morgan fingerprint density at radius 2 is 1.85 bits per heavy atom. The molecular formula is C17H18N2O. The molecule has 0 aliphatic rings. The Bertz CT molecular complexity index is 660. The topological polar surface area (TPSA) is 41.5 Å². The minimum absolute atomic E-state index is 0.197. The molecule has 1 amide bonds. The lowest BCUT2D eigenvalue weighted by molar-refractivity contribution is 0.0955. The van der Waals surface area contributed by atoms with Crippen LogP contribution in [0.3, 0.4) is 0 Å². The van der Waals surface area contributed by atoms with Crippen molar-refractivity contribution in [3.63, 3.8) is 0 Å². The molecule has 2 rings (SSSR count). The third kappa shape index (κ3) is 3.54. The Morgan fingerprint density at radius 3 is 2.55 bits per heavy atom. The summed E-state index contributed by atoms with van der Waals surface area (Å²) in [4.78, 5) is 11.9. The first-order chi connectivity index (χ1) is 9.56. The number of hydrogen-bond acceptors (Lipinski definition) is 2. The smallest absolute Gasteiger partial charge is 0.267 e. The Labute approximate surface area is 119 Å². The zero-order chi connectivity index (χ0) is 14.5. The third-order valence-corrected chi connectivity index (χ3v) is 3.19. The van der Waals surface area contributed by atoms with E-state index in [2.05, 4.69) is 10.5 Å². The lowest BCUT2D eigenvalue weighted by atomic mass is 10.1. The van der Waals surface area contributed by atoms with Gasteiger partial charge in [0.1, 0.15) is 0 Å². The van der Waals surface area contributed by atoms with Gasteiger partial charge in [0.2, 0.25) is 0 Å². The van der Waals surface area contributed by atoms with E-state index in [0.717, 1.165) is 16.7 Å². The van der Waals surface area contributed by atoms with Gasteiger partial charge in [0.05, 0.1) is 6.21 Å². The van der Waals surface area contributed by atoms with Gasteiger partial charge in [0.15, 0.2) is 0 Å². The SMILES string of the molecule is Cc1cccc(C=NNC(=O)c2ccc(C)c(C)c2)c1. The molecule has 20 heavy (non-hydrogen) atoms. The second kappa shape index (κ2) is 6.15. The summed E-state index contributed by atoms with van der Waals surface area (Å²) in [6.45, 7) is 6.03. The molecule has 3 heteroatoms. The Hall–Kier alpha value is -2.42. The number of nitrogens with one attached hydrogen (secondary N) is 1. The average Bonchev–Trinajstić information content (AvgIpc) is 2.42. The number of hydrazone groups is 1. The fraction of sp³-hybridized carbons (Fsp3) is 0.176. The predicted octanol–water partition coefficient (Wildman–Crippen LogP) is 3.38. The van der Waals surface area contributed by atoms with E-state index < -0.39 is 0 Å². The van der Waals surface area contributed by atoms with Crippen LogP contribution < -0.4 is 5.43 Å². The monoisotopic (exact) mass is 266 g/mol. The molecule has 0 radical (unpaired) electrons. The van der Waals surface area contributed by atoms with E-state index in [1.54, 1.807) is 12.3 Å². The van der Waals surface area contributed by atoms with Crippen molar-refractivity contribution in [2.24, 2.45) is 5.10 Å². The summed E-state index contributed by atoms with van der Waals surface area (Å²) in [7, 11) is 0. The number of rotatable bonds is 3. The molecule has 0 aliphatic carbocycles. The van der Waals surface area contributed by atoms with E-state index in [4.69, 9.17) is 0 Å². The van der Waals surface area contributed by atoms with Crippen molar-refractivity contribution in [2.45, 2.75) is 20.8 Å². The highest BCUT2D eigenvalue weighted by molar-refractivity contribution is 5.95. The van der Waals surface area contributed by atoms with E-state index in [1.165, 1.54) is 5.56 Å². The van der Waals surface area contributed by atoms with Crippen LogP contribution in [0.25, 0.3) is 0 Å². The van der Waals surface area contributed by atoms with Crippen LogP contribution in [0.2, 0.25) is 0 Å². The second-order valence-electron chi connectivity index (χ2n) is 4.91. The highest BCUT2D eigenvalue weighted by atomic mass is 16.2. The van der Waals surface area contributed by atoms with Crippen LogP contribution in [-0.4, -0.2) is 12.1 Å². The number of benzene rings is 2. The van der Waals surface area contributed by atoms with Gasteiger partial charge in [-0.2, -0.15) is 5.10 Å². The van der Waals surface area contributed by atoms with Gasteiger partial charge in [-0.05, 0) is 49.6 Å². The van der Waals surface area contributed by atoms with Crippen molar-refractivity contribution < 1.29 is 4.79 Å². The first-order valence-electron chi connectivity index (χ1n) is 6.53. The molecule has 0 saturated heterocycles. The zero-order valence-electron chi connectivity index (χ0n) is 12.0. The quantitative estimate of drug-likeness (QED) is 0.671. The summed E-state index contributed by atoms with van der Waals surface area (Å²) in [6, 6.07) is 13.5. The summed E-state index contributed by atoms with van der Waals surface area (Å²) in [5.41, 5.74) is 7.56. The number of carbonyl (C=O) groups is 1. The molecule has 0 aliphatic heterocycles. The largest absolute Gasteiger partial charge is 0.271 e. The van der Waals surface area contributed by atoms with Gasteiger partial charge in [0.25, 0.3) is 5.91 Å². The summed E-state index contributed by atoms with van der Waals surface area (Å²) in [5.74, 6) is -0.197. The van der Waals surface area contributed by atoms with Gasteiger partial charge in [-0.3, -0.25) is 4.79 Å². The number of nitrogens with zero attached hydrogens (tertiary/aromatic N) is 1. The molecule has 0 heterocycles. The minimum Gasteiger partial charge on any atom is -0.267 e. The molecule has 0 atom stereocenters. The molecule has 2 aromatic rings. The predicted molar refractivity (Wildman–Crippen MR) is 82.2 cm³/mol. The number of carbonyl (C=O) groups excluding carboxylic acids is 1. The van der Waals surface area contributed by atoms with Crippen molar-refractivity contribution in [3.05, 3.63) is 70.3 Å². The summed E-state index contributed by atoms with van der Waals surface area (Å²) < 4.78 is 0. The number of aryl methyl sites for hydroxylation is 3. The van der Waals surface area contributed by atoms with E-state index in [1.807, 2.05) is 57.2 Å². The van der Waals surface area contributed by atoms with Gasteiger partial charge >= 0.3 is 0 Å². The lowest BCUT2D eigenvalue weighted by Crippen LogP contribution is -2.17. The van der Waals surface area contributed by atoms with Crippen LogP contribution in [0, 0.1) is 20.8 Å². The molecule has 0 fully saturated rings. The highest BCUT2D eigenvalue weighted by Crippen LogP contribution is 2.09. The standard InChI is InChI=1S/C17H18N2O/c1-12-5-4-6-15(9-12)11-18-19-17(20)16-8-7-13(2)14(3)10-16/h4-11H,1-3H3,(H,19,20). The molecule has 0 unspecified atom stereocenters. The molecule has 0 saturated carbocycles. The highest BCUT2D eigenvalue weighted by Gasteiger charge is 2.04. The van der Waals surface area contributed by atoms with E-state index in [-0.39, 0.29) is 5.91 Å². The second-order valence-corrected chi connectivity index (χ2v) is 4.91. The van der Waals surface area contributed by atoms with Crippen molar-refractivity contribution in [3.8, 4) is 0 Å². The molecule has 0 bridgehead atoms. The van der Waals surface area contributed by atoms with E-state index in [0.29, 0.717) is 5.56 Å². The van der Waals surface area contributed by atoms with Gasteiger partial charge in [0, 0.05) is 5.56 Å².